The summed E-state index contributed by atoms with van der Waals surface area (Å²) in [6.45, 7) is -0.400. The number of carbonyl (C=O) groups is 1. The van der Waals surface area contributed by atoms with Gasteiger partial charge >= 0.3 is 0 Å². The number of benzene rings is 1. The van der Waals surface area contributed by atoms with E-state index >= 15 is 0 Å². The molecule has 20 heavy (non-hydrogen) atoms. The lowest BCUT2D eigenvalue weighted by atomic mass is 10.1. The average molecular weight is 294 g/mol. The van der Waals surface area contributed by atoms with Gasteiger partial charge in [-0.15, -0.1) is 0 Å². The largest absolute Gasteiger partial charge is 0.293 e. The van der Waals surface area contributed by atoms with Crippen molar-refractivity contribution in [3.05, 3.63) is 60.2 Å². The van der Waals surface area contributed by atoms with Gasteiger partial charge in [0.25, 0.3) is 0 Å². The van der Waals surface area contributed by atoms with Gasteiger partial charge in [0.1, 0.15) is 10.7 Å². The average Bonchev–Trinajstić information content (AvgIpc) is 2.46. The summed E-state index contributed by atoms with van der Waals surface area (Å²) < 4.78 is 38.8. The van der Waals surface area contributed by atoms with Crippen LogP contribution >= 0.6 is 0 Å². The van der Waals surface area contributed by atoms with Crippen molar-refractivity contribution in [3.63, 3.8) is 0 Å². The second-order valence-electron chi connectivity index (χ2n) is 3.95. The van der Waals surface area contributed by atoms with Crippen molar-refractivity contribution >= 4 is 15.8 Å². The maximum Gasteiger partial charge on any atom is 0.242 e. The molecule has 0 aliphatic heterocycles. The van der Waals surface area contributed by atoms with Crippen LogP contribution in [0.25, 0.3) is 0 Å². The summed E-state index contributed by atoms with van der Waals surface area (Å²) in [5.74, 6) is -1.14. The van der Waals surface area contributed by atoms with E-state index in [-0.39, 0.29) is 10.7 Å². The molecule has 1 aromatic carbocycles. The zero-order chi connectivity index (χ0) is 14.6. The van der Waals surface area contributed by atoms with Gasteiger partial charge in [0.2, 0.25) is 10.0 Å². The number of aromatic nitrogens is 1. The van der Waals surface area contributed by atoms with E-state index in [2.05, 4.69) is 9.71 Å². The number of pyridine rings is 1. The first-order chi connectivity index (χ1) is 9.49. The Bertz CT molecular complexity index is 717. The van der Waals surface area contributed by atoms with Gasteiger partial charge in [-0.1, -0.05) is 30.3 Å². The van der Waals surface area contributed by atoms with Crippen molar-refractivity contribution in [1.82, 2.24) is 9.71 Å². The minimum absolute atomic E-state index is 0.321. The highest BCUT2D eigenvalue weighted by Crippen LogP contribution is 2.08. The number of carbonyl (C=O) groups excluding carboxylic acids is 1. The summed E-state index contributed by atoms with van der Waals surface area (Å²) >= 11 is 0. The molecule has 7 heteroatoms. The predicted molar refractivity (Wildman–Crippen MR) is 70.2 cm³/mol. The van der Waals surface area contributed by atoms with Crippen LogP contribution in [0.2, 0.25) is 0 Å². The molecular weight excluding hydrogens is 283 g/mol. The van der Waals surface area contributed by atoms with Crippen LogP contribution in [-0.4, -0.2) is 25.7 Å². The Morgan fingerprint density at radius 1 is 1.20 bits per heavy atom. The lowest BCUT2D eigenvalue weighted by molar-refractivity contribution is 0.0997. The van der Waals surface area contributed by atoms with E-state index in [0.717, 1.165) is 18.5 Å². The molecule has 5 nitrogen and oxygen atoms in total. The molecule has 0 unspecified atom stereocenters. The number of nitrogens with zero attached hydrogens (tertiary/aromatic N) is 1. The van der Waals surface area contributed by atoms with Gasteiger partial charge in [0.15, 0.2) is 5.78 Å². The standard InChI is InChI=1S/C13H11FN2O3S/c14-11-6-12(8-15-7-11)20(18,19)16-9-13(17)10-4-2-1-3-5-10/h1-8,16H,9H2. The first kappa shape index (κ1) is 14.3. The summed E-state index contributed by atoms with van der Waals surface area (Å²) in [5.41, 5.74) is 0.396. The number of sulfonamides is 1. The monoisotopic (exact) mass is 294 g/mol. The van der Waals surface area contributed by atoms with Crippen molar-refractivity contribution in [3.8, 4) is 0 Å². The Balaban J connectivity index is 2.09. The van der Waals surface area contributed by atoms with E-state index < -0.39 is 22.4 Å². The quantitative estimate of drug-likeness (QED) is 0.845. The van der Waals surface area contributed by atoms with Gasteiger partial charge in [0.05, 0.1) is 12.7 Å². The number of halogens is 1. The molecule has 2 rings (SSSR count). The van der Waals surface area contributed by atoms with Crippen LogP contribution < -0.4 is 4.72 Å². The molecule has 2 aromatic rings. The molecular formula is C13H11FN2O3S. The fraction of sp³-hybridized carbons (Fsp3) is 0.0769. The van der Waals surface area contributed by atoms with Gasteiger partial charge in [-0.05, 0) is 6.07 Å². The second kappa shape index (κ2) is 5.89. The molecule has 0 amide bonds. The molecule has 1 aromatic heterocycles. The van der Waals surface area contributed by atoms with Crippen LogP contribution in [0.5, 0.6) is 0 Å². The molecule has 1 heterocycles. The zero-order valence-electron chi connectivity index (χ0n) is 10.3. The highest BCUT2D eigenvalue weighted by Gasteiger charge is 2.17. The van der Waals surface area contributed by atoms with E-state index in [0.29, 0.717) is 5.56 Å². The summed E-state index contributed by atoms with van der Waals surface area (Å²) in [7, 11) is -3.96. The Hall–Kier alpha value is -2.12. The smallest absolute Gasteiger partial charge is 0.242 e. The van der Waals surface area contributed by atoms with E-state index in [1.165, 1.54) is 0 Å². The molecule has 0 aliphatic rings. The van der Waals surface area contributed by atoms with Crippen molar-refractivity contribution in [2.75, 3.05) is 6.54 Å². The predicted octanol–water partition coefficient (Wildman–Crippen LogP) is 1.38. The third-order valence-electron chi connectivity index (χ3n) is 2.51. The third kappa shape index (κ3) is 3.46. The third-order valence-corrected chi connectivity index (χ3v) is 3.88. The lowest BCUT2D eigenvalue weighted by Gasteiger charge is -2.06. The number of nitrogens with one attached hydrogen (secondary N) is 1. The Kier molecular flexibility index (Phi) is 4.21. The molecule has 1 N–H and O–H groups in total. The Morgan fingerprint density at radius 3 is 2.55 bits per heavy atom. The molecule has 0 spiro atoms. The minimum atomic E-state index is -3.96. The fourth-order valence-corrected chi connectivity index (χ4v) is 2.46. The normalized spacial score (nSPS) is 11.2. The molecule has 104 valence electrons. The highest BCUT2D eigenvalue weighted by molar-refractivity contribution is 7.89. The van der Waals surface area contributed by atoms with Crippen LogP contribution in [-0.2, 0) is 10.0 Å². The van der Waals surface area contributed by atoms with Gasteiger partial charge in [0, 0.05) is 11.8 Å². The molecule has 0 aliphatic carbocycles. The Labute approximate surface area is 115 Å². The van der Waals surface area contributed by atoms with Crippen LogP contribution in [0.15, 0.2) is 53.7 Å². The van der Waals surface area contributed by atoms with Gasteiger partial charge in [-0.2, -0.15) is 0 Å². The first-order valence-corrected chi connectivity index (χ1v) is 7.16. The van der Waals surface area contributed by atoms with Crippen LogP contribution in [0, 0.1) is 5.82 Å². The van der Waals surface area contributed by atoms with Crippen molar-refractivity contribution in [2.45, 2.75) is 4.90 Å². The molecule has 0 atom stereocenters. The van der Waals surface area contributed by atoms with Crippen LogP contribution in [0.3, 0.4) is 0 Å². The number of ketones is 1. The molecule has 0 saturated heterocycles. The highest BCUT2D eigenvalue weighted by atomic mass is 32.2. The SMILES string of the molecule is O=C(CNS(=O)(=O)c1cncc(F)c1)c1ccccc1. The molecule has 0 radical (unpaired) electrons. The van der Waals surface area contributed by atoms with Crippen LogP contribution in [0.1, 0.15) is 10.4 Å². The maximum absolute atomic E-state index is 12.9. The van der Waals surface area contributed by atoms with Crippen molar-refractivity contribution in [2.24, 2.45) is 0 Å². The fourth-order valence-electron chi connectivity index (χ4n) is 1.51. The summed E-state index contributed by atoms with van der Waals surface area (Å²) in [6.07, 6.45) is 1.91. The number of hydrogen-bond donors (Lipinski definition) is 1. The number of rotatable bonds is 5. The topological polar surface area (TPSA) is 76.1 Å². The zero-order valence-corrected chi connectivity index (χ0v) is 11.1. The maximum atomic E-state index is 12.9. The van der Waals surface area contributed by atoms with E-state index in [4.69, 9.17) is 0 Å². The Morgan fingerprint density at radius 2 is 1.90 bits per heavy atom. The summed E-state index contributed by atoms with van der Waals surface area (Å²) in [5, 5.41) is 0. The summed E-state index contributed by atoms with van der Waals surface area (Å²) in [4.78, 5) is 14.9. The van der Waals surface area contributed by atoms with Gasteiger partial charge in [-0.25, -0.2) is 17.5 Å². The number of Topliss-reactive ketones (excluding diaryl/α,β-unsaturated/α-hetero) is 1. The second-order valence-corrected chi connectivity index (χ2v) is 5.72. The van der Waals surface area contributed by atoms with Crippen molar-refractivity contribution < 1.29 is 17.6 Å². The van der Waals surface area contributed by atoms with Gasteiger partial charge in [-0.3, -0.25) is 9.78 Å². The lowest BCUT2D eigenvalue weighted by Crippen LogP contribution is -2.29. The summed E-state index contributed by atoms with van der Waals surface area (Å²) in [6, 6.07) is 9.11. The molecule has 0 fully saturated rings. The minimum Gasteiger partial charge on any atom is -0.293 e. The van der Waals surface area contributed by atoms with E-state index in [1.54, 1.807) is 30.3 Å². The van der Waals surface area contributed by atoms with Crippen LogP contribution in [0.4, 0.5) is 4.39 Å². The van der Waals surface area contributed by atoms with Gasteiger partial charge < -0.3 is 0 Å². The van der Waals surface area contributed by atoms with E-state index in [9.17, 15) is 17.6 Å². The van der Waals surface area contributed by atoms with Crippen molar-refractivity contribution in [1.29, 1.82) is 0 Å². The molecule has 0 saturated carbocycles. The van der Waals surface area contributed by atoms with E-state index in [1.807, 2.05) is 0 Å². The molecule has 0 bridgehead atoms. The first-order valence-electron chi connectivity index (χ1n) is 5.67. The number of hydrogen-bond acceptors (Lipinski definition) is 4.